The maximum Gasteiger partial charge on any atom is 0.0304 e. The Morgan fingerprint density at radius 2 is 1.95 bits per heavy atom. The van der Waals surface area contributed by atoms with E-state index in [-0.39, 0.29) is 0 Å². The lowest BCUT2D eigenvalue weighted by Crippen LogP contribution is -2.66. The van der Waals surface area contributed by atoms with Crippen LogP contribution in [0.15, 0.2) is 0 Å². The average Bonchev–Trinajstić information content (AvgIpc) is 2.95. The third-order valence-electron chi connectivity index (χ3n) is 5.88. The van der Waals surface area contributed by atoms with Crippen LogP contribution in [-0.2, 0) is 0 Å². The van der Waals surface area contributed by atoms with Gasteiger partial charge in [-0.05, 0) is 44.3 Å². The minimum absolute atomic E-state index is 0.364. The van der Waals surface area contributed by atoms with Crippen LogP contribution in [0.2, 0.25) is 0 Å². The minimum atomic E-state index is 0.364. The Labute approximate surface area is 130 Å². The van der Waals surface area contributed by atoms with Crippen LogP contribution in [0.25, 0.3) is 0 Å². The summed E-state index contributed by atoms with van der Waals surface area (Å²) in [5.41, 5.74) is 0.364. The van der Waals surface area contributed by atoms with Crippen LogP contribution in [0.3, 0.4) is 0 Å². The lowest BCUT2D eigenvalue weighted by molar-refractivity contribution is 0.0187. The molecule has 3 unspecified atom stereocenters. The van der Waals surface area contributed by atoms with Gasteiger partial charge < -0.3 is 5.32 Å². The van der Waals surface area contributed by atoms with E-state index in [0.717, 1.165) is 23.3 Å². The van der Waals surface area contributed by atoms with Crippen LogP contribution in [0.4, 0.5) is 0 Å². The fourth-order valence-corrected chi connectivity index (χ4v) is 4.92. The van der Waals surface area contributed by atoms with Gasteiger partial charge in [-0.3, -0.25) is 4.90 Å². The molecule has 20 heavy (non-hydrogen) atoms. The molecule has 0 aromatic heterocycles. The Balaban J connectivity index is 2.11. The zero-order valence-electron chi connectivity index (χ0n) is 14.1. The molecule has 0 aromatic rings. The number of thioether (sulfide) groups is 1. The van der Waals surface area contributed by atoms with Crippen LogP contribution >= 0.6 is 11.8 Å². The molecular weight excluding hydrogens is 264 g/mol. The Kier molecular flexibility index (Phi) is 5.84. The molecule has 2 rings (SSSR count). The second-order valence-corrected chi connectivity index (χ2v) is 8.31. The lowest BCUT2D eigenvalue weighted by atomic mass is 9.85. The molecule has 2 aliphatic rings. The first-order valence-corrected chi connectivity index (χ1v) is 9.87. The van der Waals surface area contributed by atoms with Crippen molar-refractivity contribution in [2.75, 3.05) is 19.3 Å². The summed E-state index contributed by atoms with van der Waals surface area (Å²) in [7, 11) is 0. The summed E-state index contributed by atoms with van der Waals surface area (Å²) in [5.74, 6) is 0.752. The molecule has 0 spiro atoms. The van der Waals surface area contributed by atoms with E-state index in [9.17, 15) is 0 Å². The van der Waals surface area contributed by atoms with E-state index in [0.29, 0.717) is 5.54 Å². The number of hydrogen-bond donors (Lipinski definition) is 1. The highest BCUT2D eigenvalue weighted by Gasteiger charge is 2.42. The average molecular weight is 299 g/mol. The third-order valence-corrected chi connectivity index (χ3v) is 6.97. The highest BCUT2D eigenvalue weighted by molar-refractivity contribution is 7.99. The van der Waals surface area contributed by atoms with Crippen LogP contribution in [-0.4, -0.2) is 47.1 Å². The zero-order valence-corrected chi connectivity index (χ0v) is 14.9. The number of nitrogens with zero attached hydrogens (tertiary/aromatic N) is 1. The number of piperazine rings is 1. The van der Waals surface area contributed by atoms with E-state index in [2.05, 4.69) is 55.9 Å². The van der Waals surface area contributed by atoms with Gasteiger partial charge in [-0.1, -0.05) is 27.7 Å². The van der Waals surface area contributed by atoms with Gasteiger partial charge in [-0.25, -0.2) is 0 Å². The quantitative estimate of drug-likeness (QED) is 0.832. The van der Waals surface area contributed by atoms with Gasteiger partial charge in [0.25, 0.3) is 0 Å². The normalized spacial score (nSPS) is 34.8. The number of hydrogen-bond acceptors (Lipinski definition) is 3. The standard InChI is InChI=1S/C17H34N2S/c1-6-17(7-2)12-19(16(11-18-17)13(3)4)14-8-9-15(10-14)20-5/h13-16,18H,6-12H2,1-5H3. The van der Waals surface area contributed by atoms with Crippen molar-refractivity contribution in [2.24, 2.45) is 5.92 Å². The van der Waals surface area contributed by atoms with Gasteiger partial charge >= 0.3 is 0 Å². The molecule has 1 heterocycles. The van der Waals surface area contributed by atoms with Crippen LogP contribution < -0.4 is 5.32 Å². The second kappa shape index (κ2) is 7.02. The van der Waals surface area contributed by atoms with Crippen molar-refractivity contribution in [3.8, 4) is 0 Å². The Hall–Kier alpha value is 0.270. The molecule has 2 nitrogen and oxygen atoms in total. The third kappa shape index (κ3) is 3.36. The SMILES string of the molecule is CCC1(CC)CN(C2CCC(SC)C2)C(C(C)C)CN1. The minimum Gasteiger partial charge on any atom is -0.308 e. The molecule has 0 radical (unpaired) electrons. The summed E-state index contributed by atoms with van der Waals surface area (Å²) < 4.78 is 0. The maximum absolute atomic E-state index is 3.90. The molecule has 3 atom stereocenters. The van der Waals surface area contributed by atoms with E-state index in [1.807, 2.05) is 0 Å². The van der Waals surface area contributed by atoms with E-state index < -0.39 is 0 Å². The van der Waals surface area contributed by atoms with Gasteiger partial charge in [0, 0.05) is 36.0 Å². The van der Waals surface area contributed by atoms with Crippen molar-refractivity contribution >= 4 is 11.8 Å². The molecule has 3 heteroatoms. The summed E-state index contributed by atoms with van der Waals surface area (Å²) >= 11 is 2.08. The second-order valence-electron chi connectivity index (χ2n) is 7.18. The predicted molar refractivity (Wildman–Crippen MR) is 91.6 cm³/mol. The van der Waals surface area contributed by atoms with Crippen molar-refractivity contribution < 1.29 is 0 Å². The first-order chi connectivity index (χ1) is 9.55. The van der Waals surface area contributed by atoms with Crippen molar-refractivity contribution in [3.63, 3.8) is 0 Å². The smallest absolute Gasteiger partial charge is 0.0304 e. The van der Waals surface area contributed by atoms with Gasteiger partial charge in [0.05, 0.1) is 0 Å². The van der Waals surface area contributed by atoms with E-state index >= 15 is 0 Å². The van der Waals surface area contributed by atoms with Gasteiger partial charge in [0.15, 0.2) is 0 Å². The molecule has 118 valence electrons. The maximum atomic E-state index is 3.90. The molecule has 1 aliphatic carbocycles. The van der Waals surface area contributed by atoms with E-state index in [4.69, 9.17) is 0 Å². The van der Waals surface area contributed by atoms with Crippen molar-refractivity contribution in [3.05, 3.63) is 0 Å². The van der Waals surface area contributed by atoms with Gasteiger partial charge in [-0.15, -0.1) is 0 Å². The fraction of sp³-hybridized carbons (Fsp3) is 1.00. The van der Waals surface area contributed by atoms with Gasteiger partial charge in [0.2, 0.25) is 0 Å². The Morgan fingerprint density at radius 1 is 1.25 bits per heavy atom. The van der Waals surface area contributed by atoms with Crippen molar-refractivity contribution in [1.82, 2.24) is 10.2 Å². The molecular formula is C17H34N2S. The highest BCUT2D eigenvalue weighted by Crippen LogP contribution is 2.36. The molecule has 0 bridgehead atoms. The largest absolute Gasteiger partial charge is 0.308 e. The van der Waals surface area contributed by atoms with E-state index in [1.165, 1.54) is 45.2 Å². The molecule has 0 aromatic carbocycles. The summed E-state index contributed by atoms with van der Waals surface area (Å²) in [5, 5.41) is 4.80. The van der Waals surface area contributed by atoms with Crippen molar-refractivity contribution in [1.29, 1.82) is 0 Å². The molecule has 1 saturated carbocycles. The molecule has 1 N–H and O–H groups in total. The van der Waals surface area contributed by atoms with Gasteiger partial charge in [0.1, 0.15) is 0 Å². The van der Waals surface area contributed by atoms with Crippen LogP contribution in [0, 0.1) is 5.92 Å². The monoisotopic (exact) mass is 298 g/mol. The Bertz CT molecular complexity index is 301. The van der Waals surface area contributed by atoms with Crippen LogP contribution in [0.5, 0.6) is 0 Å². The number of rotatable bonds is 5. The molecule has 0 amide bonds. The number of nitrogens with one attached hydrogen (secondary N) is 1. The topological polar surface area (TPSA) is 15.3 Å². The van der Waals surface area contributed by atoms with Gasteiger partial charge in [-0.2, -0.15) is 11.8 Å². The van der Waals surface area contributed by atoms with E-state index in [1.54, 1.807) is 0 Å². The zero-order chi connectivity index (χ0) is 14.8. The lowest BCUT2D eigenvalue weighted by Gasteiger charge is -2.51. The highest BCUT2D eigenvalue weighted by atomic mass is 32.2. The first kappa shape index (κ1) is 16.6. The van der Waals surface area contributed by atoms with Crippen LogP contribution in [0.1, 0.15) is 59.8 Å². The molecule has 2 fully saturated rings. The molecule has 1 aliphatic heterocycles. The van der Waals surface area contributed by atoms with Crippen molar-refractivity contribution in [2.45, 2.75) is 82.7 Å². The summed E-state index contributed by atoms with van der Waals surface area (Å²) in [6.07, 6.45) is 9.04. The predicted octanol–water partition coefficient (Wildman–Crippen LogP) is 3.76. The Morgan fingerprint density at radius 3 is 2.45 bits per heavy atom. The first-order valence-electron chi connectivity index (χ1n) is 8.58. The summed E-state index contributed by atoms with van der Waals surface area (Å²) in [4.78, 5) is 2.89. The fourth-order valence-electron chi connectivity index (χ4n) is 4.14. The summed E-state index contributed by atoms with van der Waals surface area (Å²) in [6.45, 7) is 11.9. The molecule has 1 saturated heterocycles. The summed E-state index contributed by atoms with van der Waals surface area (Å²) in [6, 6.07) is 1.56.